The third-order valence-corrected chi connectivity index (χ3v) is 2.85. The summed E-state index contributed by atoms with van der Waals surface area (Å²) < 4.78 is 0. The highest BCUT2D eigenvalue weighted by molar-refractivity contribution is 4.83. The zero-order valence-electron chi connectivity index (χ0n) is 8.10. The minimum Gasteiger partial charge on any atom is -0.390 e. The van der Waals surface area contributed by atoms with Gasteiger partial charge in [0, 0.05) is 0 Å². The lowest BCUT2D eigenvalue weighted by Crippen LogP contribution is -2.24. The summed E-state index contributed by atoms with van der Waals surface area (Å²) >= 11 is 0. The van der Waals surface area contributed by atoms with E-state index in [1.54, 1.807) is 0 Å². The zero-order chi connectivity index (χ0) is 8.86. The molecule has 0 amide bonds. The summed E-state index contributed by atoms with van der Waals surface area (Å²) in [6, 6.07) is 0. The van der Waals surface area contributed by atoms with Crippen molar-refractivity contribution < 1.29 is 5.11 Å². The summed E-state index contributed by atoms with van der Waals surface area (Å²) in [5.41, 5.74) is -0.284. The summed E-state index contributed by atoms with van der Waals surface area (Å²) in [6.07, 6.45) is 7.88. The van der Waals surface area contributed by atoms with E-state index in [1.807, 2.05) is 7.05 Å². The number of aliphatic hydroxyl groups is 1. The molecular weight excluding hydrogens is 150 g/mol. The molecule has 0 aromatic carbocycles. The molecule has 2 heteroatoms. The number of nitrogens with one attached hydrogen (secondary N) is 1. The van der Waals surface area contributed by atoms with Crippen LogP contribution in [0.15, 0.2) is 0 Å². The van der Waals surface area contributed by atoms with E-state index in [0.29, 0.717) is 0 Å². The van der Waals surface area contributed by atoms with Gasteiger partial charge in [0.2, 0.25) is 0 Å². The van der Waals surface area contributed by atoms with Crippen LogP contribution in [-0.2, 0) is 0 Å². The topological polar surface area (TPSA) is 32.3 Å². The standard InChI is InChI=1S/C10H21NO/c1-11-9-5-4-8-10(12)6-2-3-7-10/h11-12H,2-9H2,1H3. The largest absolute Gasteiger partial charge is 0.390 e. The summed E-state index contributed by atoms with van der Waals surface area (Å²) in [6.45, 7) is 1.08. The average Bonchev–Trinajstić information content (AvgIpc) is 2.47. The molecule has 2 nitrogen and oxygen atoms in total. The van der Waals surface area contributed by atoms with Crippen LogP contribution in [0.3, 0.4) is 0 Å². The molecule has 12 heavy (non-hydrogen) atoms. The quantitative estimate of drug-likeness (QED) is 0.617. The van der Waals surface area contributed by atoms with Gasteiger partial charge in [-0.2, -0.15) is 0 Å². The van der Waals surface area contributed by atoms with Gasteiger partial charge in [0.25, 0.3) is 0 Å². The lowest BCUT2D eigenvalue weighted by atomic mass is 9.95. The molecular formula is C10H21NO. The molecule has 1 saturated carbocycles. The fourth-order valence-corrected chi connectivity index (χ4v) is 2.04. The van der Waals surface area contributed by atoms with E-state index in [1.165, 1.54) is 19.3 Å². The molecule has 2 N–H and O–H groups in total. The maximum absolute atomic E-state index is 9.97. The summed E-state index contributed by atoms with van der Waals surface area (Å²) in [5, 5.41) is 13.1. The van der Waals surface area contributed by atoms with E-state index in [9.17, 15) is 5.11 Å². The van der Waals surface area contributed by atoms with Crippen LogP contribution in [0.4, 0.5) is 0 Å². The first-order chi connectivity index (χ1) is 5.77. The van der Waals surface area contributed by atoms with Gasteiger partial charge in [-0.3, -0.25) is 0 Å². The van der Waals surface area contributed by atoms with Crippen molar-refractivity contribution in [3.63, 3.8) is 0 Å². The Balaban J connectivity index is 2.05. The Hall–Kier alpha value is -0.0800. The average molecular weight is 171 g/mol. The Bertz CT molecular complexity index is 119. The van der Waals surface area contributed by atoms with Crippen molar-refractivity contribution in [2.24, 2.45) is 0 Å². The summed E-state index contributed by atoms with van der Waals surface area (Å²) in [5.74, 6) is 0. The number of rotatable bonds is 5. The van der Waals surface area contributed by atoms with Crippen LogP contribution in [0.2, 0.25) is 0 Å². The van der Waals surface area contributed by atoms with Gasteiger partial charge in [0.05, 0.1) is 5.60 Å². The molecule has 0 bridgehead atoms. The first kappa shape index (κ1) is 10.0. The fourth-order valence-electron chi connectivity index (χ4n) is 2.04. The van der Waals surface area contributed by atoms with Gasteiger partial charge >= 0.3 is 0 Å². The van der Waals surface area contributed by atoms with Gasteiger partial charge in [-0.05, 0) is 45.7 Å². The van der Waals surface area contributed by atoms with Crippen LogP contribution in [0.5, 0.6) is 0 Å². The van der Waals surface area contributed by atoms with Crippen LogP contribution in [0.1, 0.15) is 44.9 Å². The van der Waals surface area contributed by atoms with Gasteiger partial charge in [-0.1, -0.05) is 12.8 Å². The second-order valence-electron chi connectivity index (χ2n) is 3.99. The number of unbranched alkanes of at least 4 members (excludes halogenated alkanes) is 1. The second-order valence-corrected chi connectivity index (χ2v) is 3.99. The SMILES string of the molecule is CNCCCCC1(O)CCCC1. The predicted molar refractivity (Wildman–Crippen MR) is 51.2 cm³/mol. The van der Waals surface area contributed by atoms with Gasteiger partial charge in [-0.25, -0.2) is 0 Å². The van der Waals surface area contributed by atoms with Crippen molar-refractivity contribution in [1.29, 1.82) is 0 Å². The Morgan fingerprint density at radius 1 is 1.25 bits per heavy atom. The third kappa shape index (κ3) is 3.11. The van der Waals surface area contributed by atoms with E-state index in [0.717, 1.165) is 32.2 Å². The molecule has 0 saturated heterocycles. The maximum atomic E-state index is 9.97. The highest BCUT2D eigenvalue weighted by Gasteiger charge is 2.29. The third-order valence-electron chi connectivity index (χ3n) is 2.85. The molecule has 72 valence electrons. The highest BCUT2D eigenvalue weighted by Crippen LogP contribution is 2.33. The number of hydrogen-bond acceptors (Lipinski definition) is 2. The molecule has 0 heterocycles. The molecule has 0 aromatic rings. The maximum Gasteiger partial charge on any atom is 0.0647 e. The van der Waals surface area contributed by atoms with Crippen molar-refractivity contribution in [1.82, 2.24) is 5.32 Å². The minimum absolute atomic E-state index is 0.284. The Kier molecular flexibility index (Phi) is 4.02. The monoisotopic (exact) mass is 171 g/mol. The molecule has 0 unspecified atom stereocenters. The second kappa shape index (κ2) is 4.83. The van der Waals surface area contributed by atoms with Crippen molar-refractivity contribution in [3.8, 4) is 0 Å². The van der Waals surface area contributed by atoms with Crippen LogP contribution in [0.25, 0.3) is 0 Å². The van der Waals surface area contributed by atoms with Gasteiger partial charge in [0.15, 0.2) is 0 Å². The summed E-state index contributed by atoms with van der Waals surface area (Å²) in [7, 11) is 1.98. The van der Waals surface area contributed by atoms with E-state index >= 15 is 0 Å². The lowest BCUT2D eigenvalue weighted by molar-refractivity contribution is 0.0364. The van der Waals surface area contributed by atoms with Crippen molar-refractivity contribution in [2.75, 3.05) is 13.6 Å². The van der Waals surface area contributed by atoms with Gasteiger partial charge in [-0.15, -0.1) is 0 Å². The molecule has 1 fully saturated rings. The van der Waals surface area contributed by atoms with E-state index in [4.69, 9.17) is 0 Å². The Morgan fingerprint density at radius 3 is 2.50 bits per heavy atom. The lowest BCUT2D eigenvalue weighted by Gasteiger charge is -2.21. The highest BCUT2D eigenvalue weighted by atomic mass is 16.3. The fraction of sp³-hybridized carbons (Fsp3) is 1.00. The van der Waals surface area contributed by atoms with Crippen LogP contribution < -0.4 is 5.32 Å². The first-order valence-corrected chi connectivity index (χ1v) is 5.14. The minimum atomic E-state index is -0.284. The Labute approximate surface area is 75.4 Å². The van der Waals surface area contributed by atoms with E-state index in [-0.39, 0.29) is 5.60 Å². The molecule has 0 aromatic heterocycles. The van der Waals surface area contributed by atoms with Crippen molar-refractivity contribution in [2.45, 2.75) is 50.5 Å². The zero-order valence-corrected chi connectivity index (χ0v) is 8.10. The first-order valence-electron chi connectivity index (χ1n) is 5.14. The van der Waals surface area contributed by atoms with Crippen LogP contribution >= 0.6 is 0 Å². The Morgan fingerprint density at radius 2 is 1.92 bits per heavy atom. The van der Waals surface area contributed by atoms with Crippen LogP contribution in [0, 0.1) is 0 Å². The molecule has 1 aliphatic rings. The number of hydrogen-bond donors (Lipinski definition) is 2. The molecule has 0 aliphatic heterocycles. The predicted octanol–water partition coefficient (Wildman–Crippen LogP) is 1.68. The molecule has 0 atom stereocenters. The summed E-state index contributed by atoms with van der Waals surface area (Å²) in [4.78, 5) is 0. The van der Waals surface area contributed by atoms with Crippen molar-refractivity contribution in [3.05, 3.63) is 0 Å². The normalized spacial score (nSPS) is 21.5. The van der Waals surface area contributed by atoms with Gasteiger partial charge < -0.3 is 10.4 Å². The molecule has 1 rings (SSSR count). The van der Waals surface area contributed by atoms with Gasteiger partial charge in [0.1, 0.15) is 0 Å². The smallest absolute Gasteiger partial charge is 0.0647 e. The molecule has 1 aliphatic carbocycles. The van der Waals surface area contributed by atoms with Crippen LogP contribution in [-0.4, -0.2) is 24.3 Å². The van der Waals surface area contributed by atoms with Crippen molar-refractivity contribution >= 4 is 0 Å². The molecule has 0 spiro atoms. The molecule has 0 radical (unpaired) electrons. The van der Waals surface area contributed by atoms with E-state index in [2.05, 4.69) is 5.32 Å². The van der Waals surface area contributed by atoms with E-state index < -0.39 is 0 Å².